The first-order chi connectivity index (χ1) is 9.84. The molecule has 0 saturated heterocycles. The van der Waals surface area contributed by atoms with Crippen LogP contribution in [0, 0.1) is 5.92 Å². The lowest BCUT2D eigenvalue weighted by Gasteiger charge is -2.24. The predicted octanol–water partition coefficient (Wildman–Crippen LogP) is 2.65. The second-order valence-electron chi connectivity index (χ2n) is 4.83. The van der Waals surface area contributed by atoms with Crippen molar-refractivity contribution in [3.05, 3.63) is 71.4 Å². The Morgan fingerprint density at radius 1 is 1.00 bits per heavy atom. The molecule has 0 aromatic carbocycles. The molecule has 0 aromatic rings. The number of carbonyl (C=O) groups excluding carboxylic acids is 1. The topological polar surface area (TPSA) is 35.5 Å². The fraction of sp³-hybridized carbons (Fsp3) is 0.235. The van der Waals surface area contributed by atoms with Crippen LogP contribution in [0.3, 0.4) is 0 Å². The molecule has 0 aromatic heterocycles. The first-order valence-corrected chi connectivity index (χ1v) is 6.71. The van der Waals surface area contributed by atoms with E-state index in [0.717, 1.165) is 16.7 Å². The van der Waals surface area contributed by atoms with Gasteiger partial charge in [-0.3, -0.25) is 4.79 Å². The first kappa shape index (κ1) is 12.9. The zero-order valence-electron chi connectivity index (χ0n) is 11.1. The van der Waals surface area contributed by atoms with Gasteiger partial charge in [-0.1, -0.05) is 54.7 Å². The van der Waals surface area contributed by atoms with E-state index in [0.29, 0.717) is 19.8 Å². The van der Waals surface area contributed by atoms with Gasteiger partial charge in [-0.25, -0.2) is 0 Å². The third-order valence-electron chi connectivity index (χ3n) is 3.44. The van der Waals surface area contributed by atoms with E-state index in [1.807, 2.05) is 54.7 Å². The summed E-state index contributed by atoms with van der Waals surface area (Å²) in [7, 11) is 0. The average molecular weight is 268 g/mol. The van der Waals surface area contributed by atoms with Crippen molar-refractivity contribution in [1.29, 1.82) is 0 Å². The summed E-state index contributed by atoms with van der Waals surface area (Å²) in [5.74, 6) is -0.534. The van der Waals surface area contributed by atoms with Gasteiger partial charge in [-0.15, -0.1) is 0 Å². The molecule has 3 rings (SSSR count). The summed E-state index contributed by atoms with van der Waals surface area (Å²) in [6, 6.07) is 0. The lowest BCUT2D eigenvalue weighted by Crippen LogP contribution is -2.26. The monoisotopic (exact) mass is 268 g/mol. The van der Waals surface area contributed by atoms with Gasteiger partial charge in [-0.05, 0) is 16.7 Å². The van der Waals surface area contributed by atoms with Gasteiger partial charge in [0.25, 0.3) is 0 Å². The van der Waals surface area contributed by atoms with Crippen molar-refractivity contribution in [3.8, 4) is 0 Å². The molecule has 2 aliphatic heterocycles. The molecular weight excluding hydrogens is 252 g/mol. The van der Waals surface area contributed by atoms with E-state index >= 15 is 0 Å². The van der Waals surface area contributed by atoms with Crippen LogP contribution in [0.4, 0.5) is 0 Å². The van der Waals surface area contributed by atoms with Gasteiger partial charge in [0.15, 0.2) is 0 Å². The van der Waals surface area contributed by atoms with E-state index in [1.54, 1.807) is 0 Å². The van der Waals surface area contributed by atoms with Crippen LogP contribution in [0.25, 0.3) is 0 Å². The molecule has 0 N–H and O–H groups in total. The summed E-state index contributed by atoms with van der Waals surface area (Å²) in [4.78, 5) is 12.0. The quantitative estimate of drug-likeness (QED) is 0.634. The Balaban J connectivity index is 2.13. The summed E-state index contributed by atoms with van der Waals surface area (Å²) >= 11 is 0. The standard InChI is InChI=1S/C17H16O3/c18-17-16-10-13-6-3-4-8-15(16)14(12-20-17)7-2-1-5-9-19-11-13/h1-8,10,16H,9,11-12H2/b5-1-,6-3-,7-2-,8-4-,13-10+. The van der Waals surface area contributed by atoms with Crippen LogP contribution in [0.15, 0.2) is 71.4 Å². The van der Waals surface area contributed by atoms with Gasteiger partial charge < -0.3 is 9.47 Å². The molecule has 1 aliphatic carbocycles. The molecule has 4 bridgehead atoms. The van der Waals surface area contributed by atoms with Crippen molar-refractivity contribution in [2.24, 2.45) is 5.92 Å². The molecule has 20 heavy (non-hydrogen) atoms. The van der Waals surface area contributed by atoms with Crippen molar-refractivity contribution in [3.63, 3.8) is 0 Å². The van der Waals surface area contributed by atoms with Crippen molar-refractivity contribution >= 4 is 5.97 Å². The lowest BCUT2D eigenvalue weighted by molar-refractivity contribution is -0.145. The van der Waals surface area contributed by atoms with Crippen molar-refractivity contribution in [1.82, 2.24) is 0 Å². The largest absolute Gasteiger partial charge is 0.460 e. The van der Waals surface area contributed by atoms with Gasteiger partial charge in [0.1, 0.15) is 12.5 Å². The molecule has 102 valence electrons. The van der Waals surface area contributed by atoms with E-state index in [1.165, 1.54) is 0 Å². The highest BCUT2D eigenvalue weighted by atomic mass is 16.5. The van der Waals surface area contributed by atoms with Crippen molar-refractivity contribution in [2.45, 2.75) is 0 Å². The molecule has 3 heteroatoms. The van der Waals surface area contributed by atoms with Crippen LogP contribution in [-0.4, -0.2) is 25.8 Å². The molecule has 1 unspecified atom stereocenters. The van der Waals surface area contributed by atoms with Crippen LogP contribution in [0.5, 0.6) is 0 Å². The minimum absolute atomic E-state index is 0.192. The second-order valence-corrected chi connectivity index (χ2v) is 4.83. The number of ether oxygens (including phenoxy) is 2. The van der Waals surface area contributed by atoms with Gasteiger partial charge in [0.2, 0.25) is 0 Å². The van der Waals surface area contributed by atoms with Crippen LogP contribution in [-0.2, 0) is 14.3 Å². The maximum Gasteiger partial charge on any atom is 0.317 e. The molecule has 0 saturated carbocycles. The number of allylic oxidation sites excluding steroid dienone is 5. The van der Waals surface area contributed by atoms with Gasteiger partial charge >= 0.3 is 5.97 Å². The van der Waals surface area contributed by atoms with Crippen LogP contribution < -0.4 is 0 Å². The number of hydrogen-bond donors (Lipinski definition) is 0. The van der Waals surface area contributed by atoms with Gasteiger partial charge in [0.05, 0.1) is 13.2 Å². The normalized spacial score (nSPS) is 34.5. The van der Waals surface area contributed by atoms with Crippen LogP contribution in [0.1, 0.15) is 0 Å². The molecule has 0 radical (unpaired) electrons. The SMILES string of the molecule is O=C1OCC2=C3\C=C/C=C\C(=C/C13)COC/C=C\C=C/2. The minimum Gasteiger partial charge on any atom is -0.460 e. The van der Waals surface area contributed by atoms with E-state index < -0.39 is 0 Å². The number of hydrogen-bond acceptors (Lipinski definition) is 3. The Bertz CT molecular complexity index is 585. The number of cyclic esters (lactones) is 1. The van der Waals surface area contributed by atoms with E-state index in [-0.39, 0.29) is 11.9 Å². The zero-order valence-corrected chi connectivity index (χ0v) is 11.1. The Morgan fingerprint density at radius 3 is 2.80 bits per heavy atom. The summed E-state index contributed by atoms with van der Waals surface area (Å²) in [5.41, 5.74) is 3.05. The third kappa shape index (κ3) is 2.73. The summed E-state index contributed by atoms with van der Waals surface area (Å²) < 4.78 is 10.9. The first-order valence-electron chi connectivity index (χ1n) is 6.71. The fourth-order valence-corrected chi connectivity index (χ4v) is 2.42. The number of carbonyl (C=O) groups is 1. The Hall–Kier alpha value is -2.13. The summed E-state index contributed by atoms with van der Waals surface area (Å²) in [6.07, 6.45) is 17.7. The van der Waals surface area contributed by atoms with E-state index in [2.05, 4.69) is 0 Å². The van der Waals surface area contributed by atoms with Crippen molar-refractivity contribution < 1.29 is 14.3 Å². The molecular formula is C17H16O3. The molecule has 2 heterocycles. The maximum absolute atomic E-state index is 12.0. The molecule has 0 spiro atoms. The second kappa shape index (κ2) is 5.88. The Kier molecular flexibility index (Phi) is 3.79. The zero-order chi connectivity index (χ0) is 13.8. The highest BCUT2D eigenvalue weighted by Gasteiger charge is 2.28. The molecule has 1 atom stereocenters. The molecule has 0 amide bonds. The van der Waals surface area contributed by atoms with Gasteiger partial charge in [-0.2, -0.15) is 0 Å². The number of rotatable bonds is 0. The lowest BCUT2D eigenvalue weighted by atomic mass is 9.88. The Labute approximate surface area is 118 Å². The van der Waals surface area contributed by atoms with E-state index in [9.17, 15) is 4.79 Å². The summed E-state index contributed by atoms with van der Waals surface area (Å²) in [5, 5.41) is 0. The third-order valence-corrected chi connectivity index (χ3v) is 3.44. The van der Waals surface area contributed by atoms with Gasteiger partial charge in [0, 0.05) is 0 Å². The highest BCUT2D eigenvalue weighted by molar-refractivity contribution is 5.82. The molecule has 3 nitrogen and oxygen atoms in total. The predicted molar refractivity (Wildman–Crippen MR) is 76.9 cm³/mol. The molecule has 3 aliphatic rings. The van der Waals surface area contributed by atoms with Crippen LogP contribution in [0.2, 0.25) is 0 Å². The molecule has 0 fully saturated rings. The highest BCUT2D eigenvalue weighted by Crippen LogP contribution is 2.29. The van der Waals surface area contributed by atoms with E-state index in [4.69, 9.17) is 9.47 Å². The Morgan fingerprint density at radius 2 is 1.85 bits per heavy atom. The maximum atomic E-state index is 12.0. The smallest absolute Gasteiger partial charge is 0.317 e. The fourth-order valence-electron chi connectivity index (χ4n) is 2.42. The van der Waals surface area contributed by atoms with Crippen molar-refractivity contribution in [2.75, 3.05) is 19.8 Å². The minimum atomic E-state index is -0.341. The number of esters is 1. The summed E-state index contributed by atoms with van der Waals surface area (Å²) in [6.45, 7) is 1.39. The average Bonchev–Trinajstić information content (AvgIpc) is 2.42. The van der Waals surface area contributed by atoms with Crippen LogP contribution >= 0.6 is 0 Å².